The van der Waals surface area contributed by atoms with Crippen molar-refractivity contribution in [3.8, 4) is 5.75 Å². The molecule has 0 radical (unpaired) electrons. The van der Waals surface area contributed by atoms with Gasteiger partial charge >= 0.3 is 0 Å². The topological polar surface area (TPSA) is 66.0 Å². The Morgan fingerprint density at radius 2 is 2.33 bits per heavy atom. The van der Waals surface area contributed by atoms with Crippen LogP contribution in [0.25, 0.3) is 0 Å². The van der Waals surface area contributed by atoms with Crippen LogP contribution in [0, 0.1) is 0 Å². The summed E-state index contributed by atoms with van der Waals surface area (Å²) >= 11 is 0. The second kappa shape index (κ2) is 3.90. The van der Waals surface area contributed by atoms with Gasteiger partial charge in [0, 0.05) is 12.1 Å². The van der Waals surface area contributed by atoms with Crippen LogP contribution in [0.2, 0.25) is 0 Å². The molecule has 0 bridgehead atoms. The Morgan fingerprint density at radius 1 is 1.53 bits per heavy atom. The van der Waals surface area contributed by atoms with E-state index in [-0.39, 0.29) is 11.8 Å². The number of carbonyl (C=O) groups excluding carboxylic acids is 1. The summed E-state index contributed by atoms with van der Waals surface area (Å²) < 4.78 is 5.15. The SMILES string of the molecule is COc1ccc2c(c1)C(CC[NH3+])C(=O)N2. The molecule has 15 heavy (non-hydrogen) atoms. The Labute approximate surface area is 88.4 Å². The summed E-state index contributed by atoms with van der Waals surface area (Å²) in [6.45, 7) is 0.759. The normalized spacial score (nSPS) is 18.5. The van der Waals surface area contributed by atoms with E-state index in [1.165, 1.54) is 0 Å². The molecule has 0 saturated heterocycles. The van der Waals surface area contributed by atoms with Gasteiger partial charge in [-0.05, 0) is 23.8 Å². The van der Waals surface area contributed by atoms with E-state index in [9.17, 15) is 4.79 Å². The van der Waals surface area contributed by atoms with E-state index < -0.39 is 0 Å². The molecule has 4 nitrogen and oxygen atoms in total. The number of carbonyl (C=O) groups is 1. The van der Waals surface area contributed by atoms with Gasteiger partial charge in [0.1, 0.15) is 5.75 Å². The summed E-state index contributed by atoms with van der Waals surface area (Å²) in [5, 5.41) is 2.86. The molecule has 1 amide bonds. The van der Waals surface area contributed by atoms with Crippen molar-refractivity contribution in [2.75, 3.05) is 19.0 Å². The highest BCUT2D eigenvalue weighted by Gasteiger charge is 2.30. The van der Waals surface area contributed by atoms with Crippen LogP contribution < -0.4 is 15.8 Å². The lowest BCUT2D eigenvalue weighted by molar-refractivity contribution is -0.368. The minimum absolute atomic E-state index is 0.0624. The van der Waals surface area contributed by atoms with Gasteiger partial charge < -0.3 is 15.8 Å². The number of hydrogen-bond donors (Lipinski definition) is 2. The number of amides is 1. The molecule has 1 aliphatic rings. The zero-order valence-corrected chi connectivity index (χ0v) is 8.75. The second-order valence-electron chi connectivity index (χ2n) is 3.64. The van der Waals surface area contributed by atoms with E-state index in [1.807, 2.05) is 18.2 Å². The van der Waals surface area contributed by atoms with Gasteiger partial charge in [-0.1, -0.05) is 0 Å². The standard InChI is InChI=1S/C11H14N2O2/c1-15-7-2-3-10-9(6-7)8(4-5-12)11(14)13-10/h2-3,6,8H,4-5,12H2,1H3,(H,13,14)/p+1. The van der Waals surface area contributed by atoms with E-state index in [2.05, 4.69) is 11.1 Å². The molecule has 1 unspecified atom stereocenters. The molecule has 1 aromatic rings. The van der Waals surface area contributed by atoms with E-state index in [0.717, 1.165) is 30.0 Å². The minimum atomic E-state index is -0.0624. The Bertz CT molecular complexity index is 390. The largest absolute Gasteiger partial charge is 0.497 e. The smallest absolute Gasteiger partial charge is 0.232 e. The van der Waals surface area contributed by atoms with Gasteiger partial charge in [-0.3, -0.25) is 4.79 Å². The van der Waals surface area contributed by atoms with Crippen molar-refractivity contribution in [1.82, 2.24) is 0 Å². The number of nitrogens with one attached hydrogen (secondary N) is 1. The number of anilines is 1. The first-order valence-corrected chi connectivity index (χ1v) is 5.04. The molecule has 4 heteroatoms. The average Bonchev–Trinajstić information content (AvgIpc) is 2.55. The van der Waals surface area contributed by atoms with Crippen molar-refractivity contribution >= 4 is 11.6 Å². The van der Waals surface area contributed by atoms with Crippen LogP contribution in [0.1, 0.15) is 17.9 Å². The Kier molecular flexibility index (Phi) is 2.60. The molecular weight excluding hydrogens is 192 g/mol. The molecule has 1 atom stereocenters. The van der Waals surface area contributed by atoms with Crippen molar-refractivity contribution in [2.24, 2.45) is 0 Å². The summed E-state index contributed by atoms with van der Waals surface area (Å²) in [7, 11) is 1.63. The third kappa shape index (κ3) is 1.68. The Morgan fingerprint density at radius 3 is 3.00 bits per heavy atom. The van der Waals surface area contributed by atoms with Crippen molar-refractivity contribution < 1.29 is 15.3 Å². The quantitative estimate of drug-likeness (QED) is 0.751. The fourth-order valence-electron chi connectivity index (χ4n) is 1.92. The maximum atomic E-state index is 11.6. The third-order valence-corrected chi connectivity index (χ3v) is 2.70. The lowest BCUT2D eigenvalue weighted by Gasteiger charge is -2.07. The van der Waals surface area contributed by atoms with Crippen molar-refractivity contribution in [2.45, 2.75) is 12.3 Å². The molecule has 0 fully saturated rings. The number of benzene rings is 1. The summed E-state index contributed by atoms with van der Waals surface area (Å²) in [5.74, 6) is 0.800. The first-order chi connectivity index (χ1) is 7.26. The van der Waals surface area contributed by atoms with Gasteiger partial charge in [0.2, 0.25) is 5.91 Å². The average molecular weight is 207 g/mol. The van der Waals surface area contributed by atoms with Gasteiger partial charge in [0.05, 0.1) is 19.6 Å². The van der Waals surface area contributed by atoms with Gasteiger partial charge in [-0.2, -0.15) is 0 Å². The zero-order valence-electron chi connectivity index (χ0n) is 8.75. The highest BCUT2D eigenvalue weighted by Crippen LogP contribution is 2.36. The number of rotatable bonds is 3. The van der Waals surface area contributed by atoms with Crippen LogP contribution in [-0.4, -0.2) is 19.6 Å². The van der Waals surface area contributed by atoms with Gasteiger partial charge in [-0.15, -0.1) is 0 Å². The molecule has 0 saturated carbocycles. The van der Waals surface area contributed by atoms with Crippen LogP contribution in [-0.2, 0) is 4.79 Å². The monoisotopic (exact) mass is 207 g/mol. The van der Waals surface area contributed by atoms with Gasteiger partial charge in [-0.25, -0.2) is 0 Å². The van der Waals surface area contributed by atoms with E-state index in [0.29, 0.717) is 0 Å². The predicted octanol–water partition coefficient (Wildman–Crippen LogP) is 0.363. The van der Waals surface area contributed by atoms with E-state index in [1.54, 1.807) is 7.11 Å². The minimum Gasteiger partial charge on any atom is -0.497 e. The van der Waals surface area contributed by atoms with E-state index >= 15 is 0 Å². The molecule has 0 aromatic heterocycles. The van der Waals surface area contributed by atoms with Crippen LogP contribution in [0.3, 0.4) is 0 Å². The first kappa shape index (κ1) is 9.98. The van der Waals surface area contributed by atoms with Crippen LogP contribution in [0.15, 0.2) is 18.2 Å². The number of fused-ring (bicyclic) bond motifs is 1. The summed E-state index contributed by atoms with van der Waals surface area (Å²) in [4.78, 5) is 11.6. The highest BCUT2D eigenvalue weighted by atomic mass is 16.5. The van der Waals surface area contributed by atoms with Gasteiger partial charge in [0.15, 0.2) is 0 Å². The molecule has 2 rings (SSSR count). The molecular formula is C11H15N2O2+. The molecule has 1 heterocycles. The first-order valence-electron chi connectivity index (χ1n) is 5.04. The van der Waals surface area contributed by atoms with Crippen LogP contribution in [0.4, 0.5) is 5.69 Å². The maximum Gasteiger partial charge on any atom is 0.232 e. The molecule has 1 aromatic carbocycles. The maximum absolute atomic E-state index is 11.6. The second-order valence-corrected chi connectivity index (χ2v) is 3.64. The van der Waals surface area contributed by atoms with Crippen molar-refractivity contribution in [3.63, 3.8) is 0 Å². The van der Waals surface area contributed by atoms with Crippen molar-refractivity contribution in [3.05, 3.63) is 23.8 Å². The summed E-state index contributed by atoms with van der Waals surface area (Å²) in [6.07, 6.45) is 0.784. The number of ether oxygens (including phenoxy) is 1. The summed E-state index contributed by atoms with van der Waals surface area (Å²) in [6, 6.07) is 5.66. The molecule has 4 N–H and O–H groups in total. The Hall–Kier alpha value is -1.55. The van der Waals surface area contributed by atoms with Crippen LogP contribution >= 0.6 is 0 Å². The fraction of sp³-hybridized carbons (Fsp3) is 0.364. The molecule has 0 aliphatic carbocycles. The van der Waals surface area contributed by atoms with Gasteiger partial charge in [0.25, 0.3) is 0 Å². The Balaban J connectivity index is 2.37. The van der Waals surface area contributed by atoms with Crippen molar-refractivity contribution in [1.29, 1.82) is 0 Å². The number of methoxy groups -OCH3 is 1. The summed E-state index contributed by atoms with van der Waals surface area (Å²) in [5.41, 5.74) is 5.72. The molecule has 0 spiro atoms. The third-order valence-electron chi connectivity index (χ3n) is 2.70. The van der Waals surface area contributed by atoms with Crippen LogP contribution in [0.5, 0.6) is 5.75 Å². The fourth-order valence-corrected chi connectivity index (χ4v) is 1.92. The number of hydrogen-bond acceptors (Lipinski definition) is 2. The zero-order chi connectivity index (χ0) is 10.8. The highest BCUT2D eigenvalue weighted by molar-refractivity contribution is 6.03. The molecule has 80 valence electrons. The lowest BCUT2D eigenvalue weighted by atomic mass is 9.97. The van der Waals surface area contributed by atoms with E-state index in [4.69, 9.17) is 4.74 Å². The predicted molar refractivity (Wildman–Crippen MR) is 56.7 cm³/mol. The number of quaternary nitrogens is 1. The lowest BCUT2D eigenvalue weighted by Crippen LogP contribution is -2.50. The molecule has 1 aliphatic heterocycles.